The molecule has 3 aromatic rings. The van der Waals surface area contributed by atoms with Crippen LogP contribution in [0.2, 0.25) is 0 Å². The van der Waals surface area contributed by atoms with Gasteiger partial charge >= 0.3 is 0 Å². The topological polar surface area (TPSA) is 84.9 Å². The fourth-order valence-corrected chi connectivity index (χ4v) is 5.02. The van der Waals surface area contributed by atoms with Crippen LogP contribution in [0, 0.1) is 0 Å². The van der Waals surface area contributed by atoms with E-state index in [1.165, 1.54) is 11.8 Å². The van der Waals surface area contributed by atoms with E-state index in [4.69, 9.17) is 9.47 Å². The Kier molecular flexibility index (Phi) is 8.84. The predicted molar refractivity (Wildman–Crippen MR) is 135 cm³/mol. The van der Waals surface area contributed by atoms with Crippen molar-refractivity contribution >= 4 is 33.4 Å². The molecule has 0 aromatic heterocycles. The van der Waals surface area contributed by atoms with Gasteiger partial charge in [-0.15, -0.1) is 11.8 Å². The number of anilines is 1. The van der Waals surface area contributed by atoms with Crippen molar-refractivity contribution in [1.82, 2.24) is 5.32 Å². The molecule has 1 amide bonds. The Labute approximate surface area is 205 Å². The second kappa shape index (κ2) is 11.8. The Balaban J connectivity index is 1.83. The second-order valence-corrected chi connectivity index (χ2v) is 9.98. The third kappa shape index (κ3) is 6.45. The van der Waals surface area contributed by atoms with Gasteiger partial charge < -0.3 is 14.8 Å². The Morgan fingerprint density at radius 2 is 1.56 bits per heavy atom. The number of rotatable bonds is 11. The van der Waals surface area contributed by atoms with Crippen LogP contribution in [-0.2, 0) is 21.4 Å². The van der Waals surface area contributed by atoms with Crippen LogP contribution >= 0.6 is 11.8 Å². The first-order valence-corrected chi connectivity index (χ1v) is 13.3. The monoisotopic (exact) mass is 500 g/mol. The lowest BCUT2D eigenvalue weighted by molar-refractivity contribution is -0.119. The van der Waals surface area contributed by atoms with Crippen molar-refractivity contribution in [2.24, 2.45) is 0 Å². The minimum Gasteiger partial charge on any atom is -0.497 e. The number of ether oxygens (including phenoxy) is 2. The molecule has 3 aromatic carbocycles. The van der Waals surface area contributed by atoms with Crippen molar-refractivity contribution in [3.05, 3.63) is 78.4 Å². The maximum atomic E-state index is 13.5. The van der Waals surface area contributed by atoms with Gasteiger partial charge in [0.05, 0.1) is 24.3 Å². The molecule has 0 atom stereocenters. The molecular weight excluding hydrogens is 472 g/mol. The normalized spacial score (nSPS) is 11.0. The third-order valence-corrected chi connectivity index (χ3v) is 7.55. The van der Waals surface area contributed by atoms with E-state index in [1.54, 1.807) is 67.8 Å². The standard InChI is InChI=1S/C25H28N2O5S2/c1-4-32-22-11-7-20(8-12-22)27(34(29,30)24-15-13-23(33-3)14-16-24)18-25(28)26-17-19-5-9-21(31-2)10-6-19/h5-16H,4,17-18H2,1-3H3,(H,26,28). The molecule has 180 valence electrons. The minimum absolute atomic E-state index is 0.113. The molecule has 0 aliphatic heterocycles. The van der Waals surface area contributed by atoms with E-state index in [1.807, 2.05) is 25.3 Å². The molecule has 34 heavy (non-hydrogen) atoms. The van der Waals surface area contributed by atoms with Crippen molar-refractivity contribution in [2.75, 3.05) is 30.8 Å². The van der Waals surface area contributed by atoms with Crippen LogP contribution < -0.4 is 19.1 Å². The zero-order valence-electron chi connectivity index (χ0n) is 19.4. The van der Waals surface area contributed by atoms with Gasteiger partial charge in [0.15, 0.2) is 0 Å². The Hall–Kier alpha value is -3.17. The number of hydrogen-bond donors (Lipinski definition) is 1. The Morgan fingerprint density at radius 3 is 2.12 bits per heavy atom. The van der Waals surface area contributed by atoms with Crippen LogP contribution in [0.15, 0.2) is 82.6 Å². The van der Waals surface area contributed by atoms with E-state index in [2.05, 4.69) is 5.32 Å². The molecule has 0 aliphatic rings. The zero-order valence-corrected chi connectivity index (χ0v) is 21.0. The smallest absolute Gasteiger partial charge is 0.264 e. The molecule has 0 saturated heterocycles. The average Bonchev–Trinajstić information content (AvgIpc) is 2.87. The van der Waals surface area contributed by atoms with Crippen molar-refractivity contribution in [3.63, 3.8) is 0 Å². The number of amides is 1. The number of carbonyl (C=O) groups excluding carboxylic acids is 1. The van der Waals surface area contributed by atoms with Crippen molar-refractivity contribution < 1.29 is 22.7 Å². The summed E-state index contributed by atoms with van der Waals surface area (Å²) < 4.78 is 38.8. The number of nitrogens with zero attached hydrogens (tertiary/aromatic N) is 1. The highest BCUT2D eigenvalue weighted by Gasteiger charge is 2.27. The Bertz CT molecular complexity index is 1180. The quantitative estimate of drug-likeness (QED) is 0.395. The van der Waals surface area contributed by atoms with Crippen LogP contribution in [0.25, 0.3) is 0 Å². The van der Waals surface area contributed by atoms with Gasteiger partial charge in [0.25, 0.3) is 10.0 Å². The van der Waals surface area contributed by atoms with Crippen LogP contribution in [0.5, 0.6) is 11.5 Å². The molecule has 0 bridgehead atoms. The van der Waals surface area contributed by atoms with E-state index in [9.17, 15) is 13.2 Å². The summed E-state index contributed by atoms with van der Waals surface area (Å²) in [6, 6.07) is 20.5. The number of carbonyl (C=O) groups is 1. The van der Waals surface area contributed by atoms with E-state index >= 15 is 0 Å². The molecule has 3 rings (SSSR count). The lowest BCUT2D eigenvalue weighted by atomic mass is 10.2. The first-order chi connectivity index (χ1) is 16.4. The van der Waals surface area contributed by atoms with Gasteiger partial charge in [-0.2, -0.15) is 0 Å². The lowest BCUT2D eigenvalue weighted by Crippen LogP contribution is -2.40. The van der Waals surface area contributed by atoms with E-state index in [0.717, 1.165) is 20.5 Å². The number of thioether (sulfide) groups is 1. The lowest BCUT2D eigenvalue weighted by Gasteiger charge is -2.24. The number of nitrogens with one attached hydrogen (secondary N) is 1. The number of hydrogen-bond acceptors (Lipinski definition) is 6. The van der Waals surface area contributed by atoms with E-state index in [-0.39, 0.29) is 18.0 Å². The van der Waals surface area contributed by atoms with E-state index in [0.29, 0.717) is 18.0 Å². The summed E-state index contributed by atoms with van der Waals surface area (Å²) in [5.74, 6) is 0.918. The summed E-state index contributed by atoms with van der Waals surface area (Å²) in [4.78, 5) is 13.9. The van der Waals surface area contributed by atoms with Gasteiger partial charge in [-0.1, -0.05) is 12.1 Å². The van der Waals surface area contributed by atoms with Gasteiger partial charge in [0, 0.05) is 11.4 Å². The van der Waals surface area contributed by atoms with Gasteiger partial charge in [-0.25, -0.2) is 8.42 Å². The second-order valence-electron chi connectivity index (χ2n) is 7.24. The third-order valence-electron chi connectivity index (χ3n) is 5.02. The fourth-order valence-electron chi connectivity index (χ4n) is 3.20. The molecule has 0 heterocycles. The highest BCUT2D eigenvalue weighted by atomic mass is 32.2. The number of sulfonamides is 1. The highest BCUT2D eigenvalue weighted by Crippen LogP contribution is 2.27. The number of benzene rings is 3. The zero-order chi connectivity index (χ0) is 24.6. The number of methoxy groups -OCH3 is 1. The first-order valence-electron chi connectivity index (χ1n) is 10.7. The fraction of sp³-hybridized carbons (Fsp3) is 0.240. The molecule has 0 aliphatic carbocycles. The molecule has 7 nitrogen and oxygen atoms in total. The van der Waals surface area contributed by atoms with Crippen LogP contribution in [0.4, 0.5) is 5.69 Å². The van der Waals surface area contributed by atoms with Crippen molar-refractivity contribution in [3.8, 4) is 11.5 Å². The molecule has 0 saturated carbocycles. The molecule has 0 spiro atoms. The molecule has 0 radical (unpaired) electrons. The van der Waals surface area contributed by atoms with Gasteiger partial charge in [-0.3, -0.25) is 9.10 Å². The van der Waals surface area contributed by atoms with Gasteiger partial charge in [0.1, 0.15) is 18.0 Å². The Morgan fingerprint density at radius 1 is 0.941 bits per heavy atom. The molecule has 0 unspecified atom stereocenters. The summed E-state index contributed by atoms with van der Waals surface area (Å²) in [7, 11) is -2.40. The minimum atomic E-state index is -3.99. The van der Waals surface area contributed by atoms with Crippen molar-refractivity contribution in [1.29, 1.82) is 0 Å². The van der Waals surface area contributed by atoms with E-state index < -0.39 is 15.9 Å². The van der Waals surface area contributed by atoms with Crippen LogP contribution in [0.1, 0.15) is 12.5 Å². The van der Waals surface area contributed by atoms with Crippen LogP contribution in [0.3, 0.4) is 0 Å². The summed E-state index contributed by atoms with van der Waals surface area (Å²) in [6.45, 7) is 2.27. The largest absolute Gasteiger partial charge is 0.497 e. The molecular formula is C25H28N2O5S2. The van der Waals surface area contributed by atoms with Crippen molar-refractivity contribution in [2.45, 2.75) is 23.3 Å². The summed E-state index contributed by atoms with van der Waals surface area (Å²) in [6.07, 6.45) is 1.92. The maximum Gasteiger partial charge on any atom is 0.264 e. The van der Waals surface area contributed by atoms with Gasteiger partial charge in [-0.05, 0) is 79.4 Å². The summed E-state index contributed by atoms with van der Waals surface area (Å²) in [5.41, 5.74) is 1.24. The predicted octanol–water partition coefficient (Wildman–Crippen LogP) is 4.33. The first kappa shape index (κ1) is 25.5. The molecule has 1 N–H and O–H groups in total. The molecule has 9 heteroatoms. The highest BCUT2D eigenvalue weighted by molar-refractivity contribution is 7.98. The summed E-state index contributed by atoms with van der Waals surface area (Å²) >= 11 is 1.52. The van der Waals surface area contributed by atoms with Gasteiger partial charge in [0.2, 0.25) is 5.91 Å². The summed E-state index contributed by atoms with van der Waals surface area (Å²) in [5, 5.41) is 2.80. The SMILES string of the molecule is CCOc1ccc(N(CC(=O)NCc2ccc(OC)cc2)S(=O)(=O)c2ccc(SC)cc2)cc1. The van der Waals surface area contributed by atoms with Crippen LogP contribution in [-0.4, -0.2) is 40.8 Å². The molecule has 0 fully saturated rings. The maximum absolute atomic E-state index is 13.5. The average molecular weight is 501 g/mol.